The van der Waals surface area contributed by atoms with Gasteiger partial charge in [0.25, 0.3) is 0 Å². The van der Waals surface area contributed by atoms with E-state index in [1.54, 1.807) is 7.11 Å². The lowest BCUT2D eigenvalue weighted by Crippen LogP contribution is -2.53. The Labute approximate surface area is 191 Å². The van der Waals surface area contributed by atoms with Gasteiger partial charge in [0.2, 0.25) is 0 Å². The molecule has 2 aliphatic heterocycles. The molecule has 2 unspecified atom stereocenters. The molecule has 6 nitrogen and oxygen atoms in total. The Morgan fingerprint density at radius 2 is 1.97 bits per heavy atom. The Morgan fingerprint density at radius 1 is 1.21 bits per heavy atom. The van der Waals surface area contributed by atoms with Gasteiger partial charge in [-0.2, -0.15) is 0 Å². The highest BCUT2D eigenvalue weighted by atomic mass is 127. The lowest BCUT2D eigenvalue weighted by Gasteiger charge is -2.37. The average Bonchev–Trinajstić information content (AvgIpc) is 3.33. The zero-order valence-electron chi connectivity index (χ0n) is 17.6. The van der Waals surface area contributed by atoms with E-state index in [2.05, 4.69) is 41.4 Å². The number of hydrogen-bond acceptors (Lipinski definition) is 4. The summed E-state index contributed by atoms with van der Waals surface area (Å²) in [5.41, 5.74) is 1.56. The molecule has 2 saturated heterocycles. The van der Waals surface area contributed by atoms with E-state index in [0.717, 1.165) is 63.9 Å². The van der Waals surface area contributed by atoms with Crippen LogP contribution in [-0.2, 0) is 14.9 Å². The first-order valence-corrected chi connectivity index (χ1v) is 10.6. The molecule has 29 heavy (non-hydrogen) atoms. The number of hydrogen-bond donors (Lipinski definition) is 1. The summed E-state index contributed by atoms with van der Waals surface area (Å²) >= 11 is 0. The first-order valence-electron chi connectivity index (χ1n) is 10.6. The topological polar surface area (TPSA) is 55.3 Å². The molecule has 0 spiro atoms. The van der Waals surface area contributed by atoms with Crippen LogP contribution in [0.2, 0.25) is 0 Å². The normalized spacial score (nSPS) is 26.0. The van der Waals surface area contributed by atoms with E-state index < -0.39 is 0 Å². The summed E-state index contributed by atoms with van der Waals surface area (Å²) in [5.74, 6) is 1.92. The van der Waals surface area contributed by atoms with Crippen molar-refractivity contribution in [1.82, 2.24) is 10.2 Å². The van der Waals surface area contributed by atoms with Gasteiger partial charge in [0.1, 0.15) is 11.9 Å². The van der Waals surface area contributed by atoms with Gasteiger partial charge in [0.15, 0.2) is 5.96 Å². The minimum atomic E-state index is 0. The van der Waals surface area contributed by atoms with Crippen molar-refractivity contribution in [3.05, 3.63) is 29.8 Å². The van der Waals surface area contributed by atoms with E-state index in [9.17, 15) is 0 Å². The van der Waals surface area contributed by atoms with Crippen molar-refractivity contribution in [3.8, 4) is 5.75 Å². The molecule has 3 fully saturated rings. The molecule has 1 N–H and O–H groups in total. The fourth-order valence-electron chi connectivity index (χ4n) is 4.27. The van der Waals surface area contributed by atoms with Gasteiger partial charge in [0, 0.05) is 31.7 Å². The van der Waals surface area contributed by atoms with Gasteiger partial charge in [0.05, 0.1) is 26.4 Å². The van der Waals surface area contributed by atoms with Crippen LogP contribution in [0.15, 0.2) is 29.3 Å². The maximum Gasteiger partial charge on any atom is 0.194 e. The molecule has 3 aliphatic rings. The number of nitrogens with one attached hydrogen (secondary N) is 1. The SMILES string of the molecule is CCNC(=NCC1(c2ccc(OC)cc2)CC1)N1CCOC(C2CCCO2)C1.I. The summed E-state index contributed by atoms with van der Waals surface area (Å²) in [6.45, 7) is 7.15. The number of guanidine groups is 1. The minimum absolute atomic E-state index is 0. The fourth-order valence-corrected chi connectivity index (χ4v) is 4.27. The van der Waals surface area contributed by atoms with Gasteiger partial charge >= 0.3 is 0 Å². The molecule has 162 valence electrons. The van der Waals surface area contributed by atoms with Crippen LogP contribution in [0.5, 0.6) is 5.75 Å². The van der Waals surface area contributed by atoms with Crippen molar-refractivity contribution < 1.29 is 14.2 Å². The summed E-state index contributed by atoms with van der Waals surface area (Å²) in [6.07, 6.45) is 5.03. The van der Waals surface area contributed by atoms with E-state index in [0.29, 0.717) is 0 Å². The minimum Gasteiger partial charge on any atom is -0.497 e. The summed E-state index contributed by atoms with van der Waals surface area (Å²) < 4.78 is 17.2. The lowest BCUT2D eigenvalue weighted by molar-refractivity contribution is -0.0817. The Kier molecular flexibility index (Phi) is 8.04. The van der Waals surface area contributed by atoms with Crippen molar-refractivity contribution in [2.75, 3.05) is 46.5 Å². The van der Waals surface area contributed by atoms with E-state index in [4.69, 9.17) is 19.2 Å². The average molecular weight is 515 g/mol. The summed E-state index contributed by atoms with van der Waals surface area (Å²) in [4.78, 5) is 7.41. The van der Waals surface area contributed by atoms with Crippen LogP contribution >= 0.6 is 24.0 Å². The number of rotatable bonds is 6. The van der Waals surface area contributed by atoms with Gasteiger partial charge in [-0.05, 0) is 50.3 Å². The third kappa shape index (κ3) is 5.35. The van der Waals surface area contributed by atoms with Gasteiger partial charge in [-0.15, -0.1) is 24.0 Å². The first kappa shape index (κ1) is 22.6. The molecule has 0 amide bonds. The second-order valence-electron chi connectivity index (χ2n) is 8.09. The highest BCUT2D eigenvalue weighted by Crippen LogP contribution is 2.48. The monoisotopic (exact) mass is 515 g/mol. The number of methoxy groups -OCH3 is 1. The molecule has 1 aromatic carbocycles. The Balaban J connectivity index is 0.00000240. The Morgan fingerprint density at radius 3 is 2.59 bits per heavy atom. The van der Waals surface area contributed by atoms with Gasteiger partial charge in [-0.3, -0.25) is 4.99 Å². The summed E-state index contributed by atoms with van der Waals surface area (Å²) in [7, 11) is 1.71. The lowest BCUT2D eigenvalue weighted by atomic mass is 9.96. The number of benzene rings is 1. The van der Waals surface area contributed by atoms with Crippen LogP contribution in [-0.4, -0.2) is 69.6 Å². The van der Waals surface area contributed by atoms with Crippen LogP contribution in [0, 0.1) is 0 Å². The van der Waals surface area contributed by atoms with Crippen LogP contribution in [0.1, 0.15) is 38.2 Å². The van der Waals surface area contributed by atoms with Crippen molar-refractivity contribution in [1.29, 1.82) is 0 Å². The number of halogens is 1. The van der Waals surface area contributed by atoms with Crippen LogP contribution < -0.4 is 10.1 Å². The highest BCUT2D eigenvalue weighted by molar-refractivity contribution is 14.0. The number of nitrogens with zero attached hydrogens (tertiary/aromatic N) is 2. The largest absolute Gasteiger partial charge is 0.497 e. The molecule has 1 saturated carbocycles. The smallest absolute Gasteiger partial charge is 0.194 e. The van der Waals surface area contributed by atoms with E-state index >= 15 is 0 Å². The second kappa shape index (κ2) is 10.3. The number of ether oxygens (including phenoxy) is 3. The van der Waals surface area contributed by atoms with Crippen molar-refractivity contribution in [2.24, 2.45) is 4.99 Å². The highest BCUT2D eigenvalue weighted by Gasteiger charge is 2.44. The van der Waals surface area contributed by atoms with E-state index in [1.807, 2.05) is 0 Å². The molecule has 1 aliphatic carbocycles. The fraction of sp³-hybridized carbons (Fsp3) is 0.682. The molecule has 4 rings (SSSR count). The quantitative estimate of drug-likeness (QED) is 0.359. The Bertz CT molecular complexity index is 672. The molecule has 0 bridgehead atoms. The van der Waals surface area contributed by atoms with Crippen molar-refractivity contribution in [2.45, 2.75) is 50.2 Å². The molecular formula is C22H34IN3O3. The van der Waals surface area contributed by atoms with Crippen molar-refractivity contribution >= 4 is 29.9 Å². The van der Waals surface area contributed by atoms with Gasteiger partial charge < -0.3 is 24.4 Å². The van der Waals surface area contributed by atoms with Crippen molar-refractivity contribution in [3.63, 3.8) is 0 Å². The molecule has 2 heterocycles. The number of morpholine rings is 1. The molecular weight excluding hydrogens is 481 g/mol. The molecule has 7 heteroatoms. The molecule has 0 radical (unpaired) electrons. The maximum absolute atomic E-state index is 6.01. The predicted octanol–water partition coefficient (Wildman–Crippen LogP) is 3.19. The molecule has 2 atom stereocenters. The second-order valence-corrected chi connectivity index (χ2v) is 8.09. The third-order valence-corrected chi connectivity index (χ3v) is 6.19. The van der Waals surface area contributed by atoms with Crippen LogP contribution in [0.25, 0.3) is 0 Å². The van der Waals surface area contributed by atoms with Gasteiger partial charge in [-0.1, -0.05) is 12.1 Å². The van der Waals surface area contributed by atoms with Crippen LogP contribution in [0.4, 0.5) is 0 Å². The standard InChI is InChI=1S/C22H33N3O3.HI/c1-3-23-21(25-12-14-28-20(15-25)19-5-4-13-27-19)24-16-22(10-11-22)17-6-8-18(26-2)9-7-17;/h6-9,19-20H,3-5,10-16H2,1-2H3,(H,23,24);1H. The summed E-state index contributed by atoms with van der Waals surface area (Å²) in [6, 6.07) is 8.49. The maximum atomic E-state index is 6.01. The zero-order chi connectivity index (χ0) is 19.4. The first-order chi connectivity index (χ1) is 13.7. The van der Waals surface area contributed by atoms with E-state index in [1.165, 1.54) is 18.4 Å². The summed E-state index contributed by atoms with van der Waals surface area (Å²) in [5, 5.41) is 3.49. The Hall–Kier alpha value is -1.06. The van der Waals surface area contributed by atoms with E-state index in [-0.39, 0.29) is 41.6 Å². The molecule has 0 aromatic heterocycles. The molecule has 1 aromatic rings. The zero-order valence-corrected chi connectivity index (χ0v) is 19.9. The predicted molar refractivity (Wildman–Crippen MR) is 126 cm³/mol. The number of aliphatic imine (C=N–C) groups is 1. The van der Waals surface area contributed by atoms with Gasteiger partial charge in [-0.25, -0.2) is 0 Å². The third-order valence-electron chi connectivity index (χ3n) is 6.19. The van der Waals surface area contributed by atoms with Crippen LogP contribution in [0.3, 0.4) is 0 Å².